The molecular weight excluding hydrogens is 544 g/mol. The fourth-order valence-corrected chi connectivity index (χ4v) is 4.23. The van der Waals surface area contributed by atoms with E-state index in [1.54, 1.807) is 6.92 Å². The van der Waals surface area contributed by atoms with Crippen LogP contribution in [0.3, 0.4) is 0 Å². The second-order valence-electron chi connectivity index (χ2n) is 9.87. The van der Waals surface area contributed by atoms with E-state index in [4.69, 9.17) is 0 Å². The van der Waals surface area contributed by atoms with Crippen molar-refractivity contribution in [2.45, 2.75) is 32.2 Å². The highest BCUT2D eigenvalue weighted by Gasteiger charge is 2.23. The number of benzene rings is 2. The molecule has 2 aromatic carbocycles. The van der Waals surface area contributed by atoms with Crippen LogP contribution in [0.4, 0.5) is 14.5 Å². The first-order chi connectivity index (χ1) is 18.8. The van der Waals surface area contributed by atoms with Crippen molar-refractivity contribution in [3.63, 3.8) is 0 Å². The Hall–Kier alpha value is -3.58. The number of nitrogens with one attached hydrogen (secondary N) is 4. The van der Waals surface area contributed by atoms with Gasteiger partial charge in [-0.25, -0.2) is 17.2 Å². The maximum Gasteiger partial charge on any atom is 0.251 e. The summed E-state index contributed by atoms with van der Waals surface area (Å²) in [5, 5.41) is 11.3. The van der Waals surface area contributed by atoms with Crippen molar-refractivity contribution in [1.82, 2.24) is 21.3 Å². The number of hydrogen-bond acceptors (Lipinski definition) is 6. The molecular formula is C27H35F2N5O5S. The Morgan fingerprint density at radius 2 is 1.55 bits per heavy atom. The molecule has 3 rings (SSSR count). The quantitative estimate of drug-likeness (QED) is 0.251. The molecule has 0 radical (unpaired) electrons. The number of sulfonamides is 1. The Balaban J connectivity index is 1.61. The Morgan fingerprint density at radius 1 is 0.925 bits per heavy atom. The minimum Gasteiger partial charge on any atom is -0.354 e. The normalized spacial score (nSPS) is 13.8. The zero-order valence-corrected chi connectivity index (χ0v) is 23.5. The van der Waals surface area contributed by atoms with Crippen molar-refractivity contribution in [1.29, 1.82) is 0 Å². The average molecular weight is 580 g/mol. The highest BCUT2D eigenvalue weighted by molar-refractivity contribution is 7.92. The molecule has 218 valence electrons. The van der Waals surface area contributed by atoms with Crippen LogP contribution in [0.2, 0.25) is 0 Å². The number of nitrogens with zero attached hydrogens (tertiary/aromatic N) is 1. The third-order valence-corrected chi connectivity index (χ3v) is 7.71. The molecule has 0 unspecified atom stereocenters. The topological polar surface area (TPSA) is 137 Å². The lowest BCUT2D eigenvalue weighted by Crippen LogP contribution is -2.45. The van der Waals surface area contributed by atoms with Crippen LogP contribution in [-0.2, 0) is 21.2 Å². The summed E-state index contributed by atoms with van der Waals surface area (Å²) in [6.45, 7) is 2.98. The predicted molar refractivity (Wildman–Crippen MR) is 148 cm³/mol. The molecule has 1 fully saturated rings. The molecule has 0 saturated heterocycles. The van der Waals surface area contributed by atoms with E-state index in [1.165, 1.54) is 31.3 Å². The summed E-state index contributed by atoms with van der Waals surface area (Å²) < 4.78 is 51.8. The molecule has 4 N–H and O–H groups in total. The van der Waals surface area contributed by atoms with E-state index < -0.39 is 39.5 Å². The van der Waals surface area contributed by atoms with E-state index in [0.717, 1.165) is 35.5 Å². The first-order valence-electron chi connectivity index (χ1n) is 13.0. The van der Waals surface area contributed by atoms with Crippen molar-refractivity contribution in [3.8, 4) is 0 Å². The third kappa shape index (κ3) is 9.26. The summed E-state index contributed by atoms with van der Waals surface area (Å²) >= 11 is 0. The average Bonchev–Trinajstić information content (AvgIpc) is 3.74. The number of hydrogen-bond donors (Lipinski definition) is 4. The predicted octanol–water partition coefficient (Wildman–Crippen LogP) is 1.57. The Bertz CT molecular complexity index is 1350. The largest absolute Gasteiger partial charge is 0.354 e. The molecule has 1 aliphatic rings. The second kappa shape index (κ2) is 13.7. The highest BCUT2D eigenvalue weighted by atomic mass is 32.2. The summed E-state index contributed by atoms with van der Waals surface area (Å²) in [6.07, 6.45) is 3.49. The summed E-state index contributed by atoms with van der Waals surface area (Å²) in [4.78, 5) is 37.9. The van der Waals surface area contributed by atoms with Crippen molar-refractivity contribution in [2.75, 3.05) is 43.8 Å². The van der Waals surface area contributed by atoms with Crippen LogP contribution in [0.15, 0.2) is 36.4 Å². The molecule has 40 heavy (non-hydrogen) atoms. The summed E-state index contributed by atoms with van der Waals surface area (Å²) in [5.74, 6) is -2.61. The molecule has 3 amide bonds. The van der Waals surface area contributed by atoms with Crippen LogP contribution in [0.5, 0.6) is 0 Å². The van der Waals surface area contributed by atoms with Gasteiger partial charge in [-0.05, 0) is 68.0 Å². The molecule has 0 spiro atoms. The Morgan fingerprint density at radius 3 is 2.12 bits per heavy atom. The van der Waals surface area contributed by atoms with E-state index in [9.17, 15) is 31.6 Å². The van der Waals surface area contributed by atoms with E-state index in [2.05, 4.69) is 21.3 Å². The minimum absolute atomic E-state index is 0.0440. The highest BCUT2D eigenvalue weighted by Crippen LogP contribution is 2.27. The van der Waals surface area contributed by atoms with Gasteiger partial charge in [0.15, 0.2) is 11.6 Å². The third-order valence-electron chi connectivity index (χ3n) is 6.50. The van der Waals surface area contributed by atoms with Gasteiger partial charge in [-0.3, -0.25) is 18.7 Å². The van der Waals surface area contributed by atoms with Gasteiger partial charge in [0.05, 0.1) is 18.0 Å². The summed E-state index contributed by atoms with van der Waals surface area (Å²) in [7, 11) is -2.39. The molecule has 1 atom stereocenters. The zero-order chi connectivity index (χ0) is 29.4. The molecule has 0 heterocycles. The van der Waals surface area contributed by atoms with Crippen LogP contribution < -0.4 is 25.6 Å². The van der Waals surface area contributed by atoms with Crippen molar-refractivity contribution < 1.29 is 31.6 Å². The fourth-order valence-electron chi connectivity index (χ4n) is 3.74. The lowest BCUT2D eigenvalue weighted by atomic mass is 10.1. The number of carbonyl (C=O) groups is 3. The van der Waals surface area contributed by atoms with E-state index in [-0.39, 0.29) is 42.2 Å². The maximum absolute atomic E-state index is 13.4. The molecule has 0 aliphatic heterocycles. The van der Waals surface area contributed by atoms with Crippen LogP contribution >= 0.6 is 0 Å². The maximum atomic E-state index is 13.4. The Labute approximate surface area is 232 Å². The summed E-state index contributed by atoms with van der Waals surface area (Å²) in [6, 6.07) is 7.05. The SMILES string of the molecule is C[C@H](NCCNC(=O)c1cc(C(=O)NCCc2ccc(F)c(F)c2)cc(N(C)S(C)(=O)=O)c1)C(=O)NCC1CC1. The van der Waals surface area contributed by atoms with Crippen LogP contribution in [0.25, 0.3) is 0 Å². The molecule has 0 bridgehead atoms. The van der Waals surface area contributed by atoms with Crippen molar-refractivity contribution in [3.05, 3.63) is 64.7 Å². The van der Waals surface area contributed by atoms with Crippen LogP contribution in [0, 0.1) is 17.6 Å². The van der Waals surface area contributed by atoms with E-state index in [0.29, 0.717) is 24.6 Å². The number of anilines is 1. The second-order valence-corrected chi connectivity index (χ2v) is 11.9. The number of carbonyl (C=O) groups excluding carboxylic acids is 3. The molecule has 0 aromatic heterocycles. The van der Waals surface area contributed by atoms with Crippen molar-refractivity contribution >= 4 is 33.4 Å². The molecule has 13 heteroatoms. The van der Waals surface area contributed by atoms with Gasteiger partial charge in [0, 0.05) is 44.4 Å². The molecule has 2 aromatic rings. The van der Waals surface area contributed by atoms with Gasteiger partial charge in [-0.2, -0.15) is 0 Å². The minimum atomic E-state index is -3.69. The van der Waals surface area contributed by atoms with E-state index in [1.807, 2.05) is 0 Å². The summed E-state index contributed by atoms with van der Waals surface area (Å²) in [5.41, 5.74) is 0.699. The number of rotatable bonds is 14. The van der Waals surface area contributed by atoms with Crippen LogP contribution in [0.1, 0.15) is 46.0 Å². The van der Waals surface area contributed by atoms with Gasteiger partial charge in [0.1, 0.15) is 0 Å². The molecule has 1 aliphatic carbocycles. The first-order valence-corrected chi connectivity index (χ1v) is 14.8. The standard InChI is InChI=1S/C27H35F2N5O5S/c1-17(25(35)33-16-19-4-5-19)30-10-11-32-27(37)21-13-20(14-22(15-21)34(2)40(3,38)39)26(36)31-9-8-18-6-7-23(28)24(29)12-18/h6-7,12-15,17,19,30H,4-5,8-11,16H2,1-3H3,(H,31,36)(H,32,37)(H,33,35)/t17-/m0/s1. The lowest BCUT2D eigenvalue weighted by molar-refractivity contribution is -0.122. The van der Waals surface area contributed by atoms with Gasteiger partial charge in [0.2, 0.25) is 15.9 Å². The van der Waals surface area contributed by atoms with Gasteiger partial charge >= 0.3 is 0 Å². The number of amides is 3. The van der Waals surface area contributed by atoms with Gasteiger partial charge in [-0.1, -0.05) is 6.07 Å². The molecule has 1 saturated carbocycles. The fraction of sp³-hybridized carbons (Fsp3) is 0.444. The first kappa shape index (κ1) is 31.0. The van der Waals surface area contributed by atoms with E-state index >= 15 is 0 Å². The number of halogens is 2. The van der Waals surface area contributed by atoms with Gasteiger partial charge in [-0.15, -0.1) is 0 Å². The van der Waals surface area contributed by atoms with Gasteiger partial charge in [0.25, 0.3) is 11.8 Å². The van der Waals surface area contributed by atoms with Crippen LogP contribution in [-0.4, -0.2) is 71.7 Å². The molecule has 10 nitrogen and oxygen atoms in total. The monoisotopic (exact) mass is 579 g/mol. The Kier molecular flexibility index (Phi) is 10.6. The lowest BCUT2D eigenvalue weighted by Gasteiger charge is -2.19. The smallest absolute Gasteiger partial charge is 0.251 e. The van der Waals surface area contributed by atoms with Crippen molar-refractivity contribution in [2.24, 2.45) is 5.92 Å². The zero-order valence-electron chi connectivity index (χ0n) is 22.7. The van der Waals surface area contributed by atoms with Gasteiger partial charge < -0.3 is 21.3 Å².